The summed E-state index contributed by atoms with van der Waals surface area (Å²) in [5.74, 6) is -1.04. The molecule has 0 atom stereocenters. The third-order valence-electron chi connectivity index (χ3n) is 4.99. The van der Waals surface area contributed by atoms with Crippen molar-refractivity contribution in [2.24, 2.45) is 0 Å². The van der Waals surface area contributed by atoms with E-state index < -0.39 is 17.4 Å². The minimum Gasteiger partial charge on any atom is -0.322 e. The van der Waals surface area contributed by atoms with Gasteiger partial charge in [-0.3, -0.25) is 4.79 Å². The van der Waals surface area contributed by atoms with Gasteiger partial charge in [0.05, 0.1) is 5.69 Å². The van der Waals surface area contributed by atoms with Crippen molar-refractivity contribution >= 4 is 29.0 Å². The Kier molecular flexibility index (Phi) is 5.66. The van der Waals surface area contributed by atoms with Gasteiger partial charge in [0.1, 0.15) is 17.4 Å². The van der Waals surface area contributed by atoms with E-state index >= 15 is 0 Å². The maximum absolute atomic E-state index is 14.0. The van der Waals surface area contributed by atoms with Gasteiger partial charge >= 0.3 is 5.69 Å². The van der Waals surface area contributed by atoms with Crippen molar-refractivity contribution in [3.05, 3.63) is 52.5 Å². The number of aryl methyl sites for hydroxylation is 1. The molecule has 152 valence electrons. The molecule has 9 heteroatoms. The van der Waals surface area contributed by atoms with Crippen LogP contribution in [-0.4, -0.2) is 30.3 Å². The number of carbonyl (C=O) groups excluding carboxylic acids is 1. The molecule has 1 aliphatic carbocycles. The van der Waals surface area contributed by atoms with Crippen molar-refractivity contribution in [2.45, 2.75) is 55.8 Å². The first-order valence-electron chi connectivity index (χ1n) is 9.68. The number of amides is 1. The minimum absolute atomic E-state index is 0.0765. The summed E-state index contributed by atoms with van der Waals surface area (Å²) >= 11 is 1.64. The normalized spacial score (nSPS) is 15.0. The fourth-order valence-electron chi connectivity index (χ4n) is 3.50. The van der Waals surface area contributed by atoms with Crippen LogP contribution in [0.1, 0.15) is 37.7 Å². The Hall–Kier alpha value is -2.68. The van der Waals surface area contributed by atoms with E-state index in [0.29, 0.717) is 15.9 Å². The van der Waals surface area contributed by atoms with Gasteiger partial charge in [-0.15, -0.1) is 5.10 Å². The second-order valence-corrected chi connectivity index (χ2v) is 8.56. The lowest BCUT2D eigenvalue weighted by Crippen LogP contribution is -2.28. The summed E-state index contributed by atoms with van der Waals surface area (Å²) in [5, 5.41) is 7.98. The number of carbonyl (C=O) groups is 1. The van der Waals surface area contributed by atoms with E-state index in [2.05, 4.69) is 15.4 Å². The fraction of sp³-hybridized carbons (Fsp3) is 0.400. The highest BCUT2D eigenvalue weighted by molar-refractivity contribution is 8.00. The molecular weight excluding hydrogens is 393 g/mol. The van der Waals surface area contributed by atoms with Gasteiger partial charge in [-0.2, -0.15) is 0 Å². The highest BCUT2D eigenvalue weighted by Gasteiger charge is 2.20. The molecule has 7 nitrogen and oxygen atoms in total. The van der Waals surface area contributed by atoms with Crippen LogP contribution in [0.3, 0.4) is 0 Å². The van der Waals surface area contributed by atoms with Crippen molar-refractivity contribution in [3.63, 3.8) is 0 Å². The van der Waals surface area contributed by atoms with Crippen LogP contribution in [0.2, 0.25) is 0 Å². The molecule has 1 saturated carbocycles. The van der Waals surface area contributed by atoms with Crippen LogP contribution >= 0.6 is 11.8 Å². The topological polar surface area (TPSA) is 81.3 Å². The molecule has 1 fully saturated rings. The summed E-state index contributed by atoms with van der Waals surface area (Å²) in [5.41, 5.74) is 0.856. The van der Waals surface area contributed by atoms with Crippen molar-refractivity contribution in [2.75, 3.05) is 5.32 Å². The zero-order valence-corrected chi connectivity index (χ0v) is 16.9. The Morgan fingerprint density at radius 1 is 1.31 bits per heavy atom. The smallest absolute Gasteiger partial charge is 0.322 e. The molecule has 1 aliphatic rings. The number of fused-ring (bicyclic) bond motifs is 1. The van der Waals surface area contributed by atoms with Crippen molar-refractivity contribution in [1.29, 1.82) is 0 Å². The summed E-state index contributed by atoms with van der Waals surface area (Å²) in [7, 11) is 0. The Morgan fingerprint density at radius 3 is 2.86 bits per heavy atom. The number of rotatable bonds is 5. The first-order chi connectivity index (χ1) is 14.0. The van der Waals surface area contributed by atoms with Crippen LogP contribution < -0.4 is 11.0 Å². The number of anilines is 1. The van der Waals surface area contributed by atoms with Crippen molar-refractivity contribution < 1.29 is 9.18 Å². The molecule has 4 rings (SSSR count). The number of benzene rings is 1. The third-order valence-corrected chi connectivity index (χ3v) is 6.31. The zero-order chi connectivity index (χ0) is 20.4. The SMILES string of the molecule is Cc1ccc(NC(=O)Cn2nc3c(SC4CCCCC4)nccn3c2=O)c(F)c1. The number of hydrogen-bond acceptors (Lipinski definition) is 5. The molecule has 1 aromatic carbocycles. The lowest BCUT2D eigenvalue weighted by Gasteiger charge is -2.20. The summed E-state index contributed by atoms with van der Waals surface area (Å²) in [6, 6.07) is 4.54. The van der Waals surface area contributed by atoms with Crippen LogP contribution in [0.5, 0.6) is 0 Å². The number of hydrogen-bond donors (Lipinski definition) is 1. The molecule has 0 bridgehead atoms. The van der Waals surface area contributed by atoms with Gasteiger partial charge in [0.15, 0.2) is 5.65 Å². The van der Waals surface area contributed by atoms with Crippen LogP contribution in [0.4, 0.5) is 10.1 Å². The summed E-state index contributed by atoms with van der Waals surface area (Å²) in [4.78, 5) is 29.4. The molecule has 2 aromatic heterocycles. The molecular formula is C20H22FN5O2S. The zero-order valence-electron chi connectivity index (χ0n) is 16.1. The quantitative estimate of drug-likeness (QED) is 0.691. The number of nitrogens with one attached hydrogen (secondary N) is 1. The number of thioether (sulfide) groups is 1. The van der Waals surface area contributed by atoms with E-state index in [4.69, 9.17) is 0 Å². The Labute approximate surface area is 171 Å². The highest BCUT2D eigenvalue weighted by atomic mass is 32.2. The lowest BCUT2D eigenvalue weighted by atomic mass is 10.0. The van der Waals surface area contributed by atoms with E-state index in [1.165, 1.54) is 35.8 Å². The molecule has 0 radical (unpaired) electrons. The van der Waals surface area contributed by atoms with Gasteiger partial charge < -0.3 is 5.32 Å². The van der Waals surface area contributed by atoms with E-state index in [0.717, 1.165) is 23.1 Å². The van der Waals surface area contributed by atoms with E-state index in [9.17, 15) is 14.0 Å². The molecule has 0 aliphatic heterocycles. The first-order valence-corrected chi connectivity index (χ1v) is 10.6. The van der Waals surface area contributed by atoms with Gasteiger partial charge in [0.2, 0.25) is 5.91 Å². The average molecular weight is 415 g/mol. The number of halogens is 1. The maximum atomic E-state index is 14.0. The minimum atomic E-state index is -0.521. The van der Waals surface area contributed by atoms with Gasteiger partial charge in [-0.25, -0.2) is 23.3 Å². The van der Waals surface area contributed by atoms with Gasteiger partial charge in [-0.1, -0.05) is 37.1 Å². The third kappa shape index (κ3) is 4.34. The Bertz CT molecular complexity index is 1100. The van der Waals surface area contributed by atoms with Crippen LogP contribution in [0.15, 0.2) is 40.4 Å². The molecule has 0 unspecified atom stereocenters. The average Bonchev–Trinajstić information content (AvgIpc) is 3.02. The predicted molar refractivity (Wildman–Crippen MR) is 110 cm³/mol. The predicted octanol–water partition coefficient (Wildman–Crippen LogP) is 3.40. The molecule has 3 aromatic rings. The van der Waals surface area contributed by atoms with Gasteiger partial charge in [0.25, 0.3) is 0 Å². The van der Waals surface area contributed by atoms with Crippen LogP contribution in [0, 0.1) is 12.7 Å². The van der Waals surface area contributed by atoms with Crippen molar-refractivity contribution in [3.8, 4) is 0 Å². The van der Waals surface area contributed by atoms with Gasteiger partial charge in [-0.05, 0) is 37.5 Å². The first kappa shape index (κ1) is 19.6. The Balaban J connectivity index is 1.54. The number of aromatic nitrogens is 4. The van der Waals surface area contributed by atoms with Crippen LogP contribution in [0.25, 0.3) is 5.65 Å². The largest absolute Gasteiger partial charge is 0.350 e. The monoisotopic (exact) mass is 415 g/mol. The van der Waals surface area contributed by atoms with E-state index in [1.807, 2.05) is 0 Å². The molecule has 0 saturated heterocycles. The summed E-state index contributed by atoms with van der Waals surface area (Å²) in [6.45, 7) is 1.46. The van der Waals surface area contributed by atoms with E-state index in [1.54, 1.807) is 37.1 Å². The second kappa shape index (κ2) is 8.36. The standard InChI is InChI=1S/C20H22FN5O2S/c1-13-7-8-16(15(21)11-13)23-17(27)12-26-20(28)25-10-9-22-19(18(25)24-26)29-14-5-3-2-4-6-14/h7-11,14H,2-6,12H2,1H3,(H,23,27). The summed E-state index contributed by atoms with van der Waals surface area (Å²) < 4.78 is 16.4. The van der Waals surface area contributed by atoms with Crippen molar-refractivity contribution in [1.82, 2.24) is 19.2 Å². The molecule has 1 amide bonds. The Morgan fingerprint density at radius 2 is 2.10 bits per heavy atom. The highest BCUT2D eigenvalue weighted by Crippen LogP contribution is 2.33. The van der Waals surface area contributed by atoms with E-state index in [-0.39, 0.29) is 12.2 Å². The lowest BCUT2D eigenvalue weighted by molar-refractivity contribution is -0.117. The van der Waals surface area contributed by atoms with Crippen LogP contribution in [-0.2, 0) is 11.3 Å². The second-order valence-electron chi connectivity index (χ2n) is 7.28. The maximum Gasteiger partial charge on any atom is 0.350 e. The molecule has 1 N–H and O–H groups in total. The molecule has 0 spiro atoms. The molecule has 29 heavy (non-hydrogen) atoms. The fourth-order valence-corrected chi connectivity index (χ4v) is 4.75. The molecule has 2 heterocycles. The number of nitrogens with zero attached hydrogens (tertiary/aromatic N) is 4. The summed E-state index contributed by atoms with van der Waals surface area (Å²) in [6.07, 6.45) is 9.05. The van der Waals surface area contributed by atoms with Gasteiger partial charge in [0, 0.05) is 17.6 Å².